The minimum atomic E-state index is 0.204. The van der Waals surface area contributed by atoms with Crippen LogP contribution in [-0.4, -0.2) is 5.11 Å². The summed E-state index contributed by atoms with van der Waals surface area (Å²) < 4.78 is 0. The van der Waals surface area contributed by atoms with E-state index in [0.29, 0.717) is 5.69 Å². The molecule has 1 aromatic rings. The van der Waals surface area contributed by atoms with E-state index in [-0.39, 0.29) is 5.75 Å². The summed E-state index contributed by atoms with van der Waals surface area (Å²) in [6.45, 7) is 4.29. The first-order valence-electron chi connectivity index (χ1n) is 7.23. The van der Waals surface area contributed by atoms with Gasteiger partial charge in [-0.25, -0.2) is 0 Å². The average Bonchev–Trinajstić information content (AvgIpc) is 2.34. The molecule has 0 aliphatic carbocycles. The first kappa shape index (κ1) is 14.9. The van der Waals surface area contributed by atoms with E-state index in [1.807, 2.05) is 13.0 Å². The minimum absolute atomic E-state index is 0.204. The lowest BCUT2D eigenvalue weighted by Gasteiger charge is -2.08. The number of aromatic hydroxyl groups is 1. The molecule has 0 amide bonds. The van der Waals surface area contributed by atoms with E-state index in [0.717, 1.165) is 12.0 Å². The van der Waals surface area contributed by atoms with Crippen LogP contribution in [0.4, 0.5) is 5.69 Å². The van der Waals surface area contributed by atoms with Crippen molar-refractivity contribution in [3.63, 3.8) is 0 Å². The van der Waals surface area contributed by atoms with Gasteiger partial charge in [0.1, 0.15) is 5.75 Å². The Bertz CT molecular complexity index is 360. The van der Waals surface area contributed by atoms with Crippen molar-refractivity contribution in [2.45, 2.75) is 65.2 Å². The third-order valence-corrected chi connectivity index (χ3v) is 3.53. The van der Waals surface area contributed by atoms with Crippen LogP contribution in [0.15, 0.2) is 12.1 Å². The fourth-order valence-corrected chi connectivity index (χ4v) is 2.30. The molecule has 3 N–H and O–H groups in total. The first-order chi connectivity index (χ1) is 8.65. The van der Waals surface area contributed by atoms with E-state index in [1.54, 1.807) is 6.07 Å². The summed E-state index contributed by atoms with van der Waals surface area (Å²) >= 11 is 0. The second-order valence-electron chi connectivity index (χ2n) is 5.21. The highest BCUT2D eigenvalue weighted by Gasteiger charge is 2.03. The Morgan fingerprint density at radius 3 is 2.28 bits per heavy atom. The van der Waals surface area contributed by atoms with E-state index in [1.165, 1.54) is 50.5 Å². The van der Waals surface area contributed by atoms with Gasteiger partial charge in [-0.15, -0.1) is 0 Å². The molecule has 0 heterocycles. The first-order valence-corrected chi connectivity index (χ1v) is 7.23. The molecule has 0 unspecified atom stereocenters. The summed E-state index contributed by atoms with van der Waals surface area (Å²) in [7, 11) is 0. The van der Waals surface area contributed by atoms with Crippen LogP contribution in [0, 0.1) is 6.92 Å². The number of unbranched alkanes of at least 4 members (excludes halogenated alkanes) is 6. The Labute approximate surface area is 111 Å². The van der Waals surface area contributed by atoms with Crippen LogP contribution in [0.3, 0.4) is 0 Å². The number of aryl methyl sites for hydroxylation is 2. The number of nitrogen functional groups attached to an aromatic ring is 1. The second-order valence-corrected chi connectivity index (χ2v) is 5.21. The molecule has 0 aliphatic heterocycles. The number of anilines is 1. The minimum Gasteiger partial charge on any atom is -0.506 e. The van der Waals surface area contributed by atoms with Gasteiger partial charge in [-0.3, -0.25) is 0 Å². The lowest BCUT2D eigenvalue weighted by atomic mass is 10.00. The monoisotopic (exact) mass is 249 g/mol. The summed E-state index contributed by atoms with van der Waals surface area (Å²) in [6, 6.07) is 3.69. The number of phenolic OH excluding ortho intramolecular Hbond substituents is 1. The van der Waals surface area contributed by atoms with Crippen LogP contribution in [0.1, 0.15) is 63.0 Å². The van der Waals surface area contributed by atoms with E-state index in [4.69, 9.17) is 5.73 Å². The largest absolute Gasteiger partial charge is 0.506 e. The van der Waals surface area contributed by atoms with Gasteiger partial charge in [-0.05, 0) is 43.0 Å². The number of nitrogens with two attached hydrogens (primary N) is 1. The van der Waals surface area contributed by atoms with Crippen LogP contribution in [0.2, 0.25) is 0 Å². The normalized spacial score (nSPS) is 10.8. The van der Waals surface area contributed by atoms with Gasteiger partial charge in [0.2, 0.25) is 0 Å². The Morgan fingerprint density at radius 1 is 1.00 bits per heavy atom. The third kappa shape index (κ3) is 4.99. The average molecular weight is 249 g/mol. The second kappa shape index (κ2) is 8.02. The maximum absolute atomic E-state index is 9.49. The Hall–Kier alpha value is -1.18. The predicted octanol–water partition coefficient (Wildman–Crippen LogP) is 4.58. The molecule has 0 aliphatic rings. The van der Waals surface area contributed by atoms with Gasteiger partial charge in [0.05, 0.1) is 5.69 Å². The number of benzene rings is 1. The van der Waals surface area contributed by atoms with Crippen molar-refractivity contribution in [2.24, 2.45) is 0 Å². The van der Waals surface area contributed by atoms with Gasteiger partial charge in [-0.1, -0.05) is 45.4 Å². The standard InChI is InChI=1S/C16H27NO/c1-3-4-5-6-7-8-9-10-14-12-15(17)16(18)11-13(14)2/h11-12,18H,3-10,17H2,1-2H3. The highest BCUT2D eigenvalue weighted by molar-refractivity contribution is 5.55. The maximum Gasteiger partial charge on any atom is 0.138 e. The van der Waals surface area contributed by atoms with Gasteiger partial charge >= 0.3 is 0 Å². The molecular formula is C16H27NO. The number of hydrogen-bond acceptors (Lipinski definition) is 2. The highest BCUT2D eigenvalue weighted by Crippen LogP contribution is 2.25. The lowest BCUT2D eigenvalue weighted by molar-refractivity contribution is 0.477. The van der Waals surface area contributed by atoms with Crippen LogP contribution in [0.25, 0.3) is 0 Å². The zero-order valence-electron chi connectivity index (χ0n) is 11.8. The smallest absolute Gasteiger partial charge is 0.138 e. The molecular weight excluding hydrogens is 222 g/mol. The molecule has 0 aromatic heterocycles. The molecule has 102 valence electrons. The molecule has 0 saturated carbocycles. The SMILES string of the molecule is CCCCCCCCCc1cc(N)c(O)cc1C. The Kier molecular flexibility index (Phi) is 6.63. The van der Waals surface area contributed by atoms with Crippen LogP contribution >= 0.6 is 0 Å². The molecule has 0 bridgehead atoms. The molecule has 2 heteroatoms. The molecule has 0 radical (unpaired) electrons. The van der Waals surface area contributed by atoms with Gasteiger partial charge in [-0.2, -0.15) is 0 Å². The molecule has 0 saturated heterocycles. The fourth-order valence-electron chi connectivity index (χ4n) is 2.30. The van der Waals surface area contributed by atoms with Crippen molar-refractivity contribution in [1.29, 1.82) is 0 Å². The predicted molar refractivity (Wildman–Crippen MR) is 79.0 cm³/mol. The van der Waals surface area contributed by atoms with Crippen molar-refractivity contribution >= 4 is 5.69 Å². The molecule has 0 fully saturated rings. The number of phenols is 1. The third-order valence-electron chi connectivity index (χ3n) is 3.53. The van der Waals surface area contributed by atoms with Gasteiger partial charge in [0, 0.05) is 0 Å². The van der Waals surface area contributed by atoms with E-state index >= 15 is 0 Å². The Balaban J connectivity index is 2.25. The highest BCUT2D eigenvalue weighted by atomic mass is 16.3. The summed E-state index contributed by atoms with van der Waals surface area (Å²) in [5.41, 5.74) is 8.65. The van der Waals surface area contributed by atoms with Crippen molar-refractivity contribution in [1.82, 2.24) is 0 Å². The summed E-state index contributed by atoms with van der Waals surface area (Å²) in [5.74, 6) is 0.204. The topological polar surface area (TPSA) is 46.2 Å². The molecule has 1 aromatic carbocycles. The Morgan fingerprint density at radius 2 is 1.61 bits per heavy atom. The molecule has 2 nitrogen and oxygen atoms in total. The maximum atomic E-state index is 9.49. The fraction of sp³-hybridized carbons (Fsp3) is 0.625. The van der Waals surface area contributed by atoms with E-state index in [9.17, 15) is 5.11 Å². The van der Waals surface area contributed by atoms with Crippen molar-refractivity contribution in [3.05, 3.63) is 23.3 Å². The number of hydrogen-bond donors (Lipinski definition) is 2. The van der Waals surface area contributed by atoms with Crippen LogP contribution in [-0.2, 0) is 6.42 Å². The molecule has 0 atom stereocenters. The van der Waals surface area contributed by atoms with Gasteiger partial charge in [0.15, 0.2) is 0 Å². The summed E-state index contributed by atoms with van der Waals surface area (Å²) in [5, 5.41) is 9.49. The van der Waals surface area contributed by atoms with Crippen LogP contribution < -0.4 is 5.73 Å². The van der Waals surface area contributed by atoms with E-state index in [2.05, 4.69) is 6.92 Å². The van der Waals surface area contributed by atoms with Gasteiger partial charge in [0.25, 0.3) is 0 Å². The zero-order chi connectivity index (χ0) is 13.4. The van der Waals surface area contributed by atoms with Crippen LogP contribution in [0.5, 0.6) is 5.75 Å². The van der Waals surface area contributed by atoms with E-state index < -0.39 is 0 Å². The van der Waals surface area contributed by atoms with Gasteiger partial charge < -0.3 is 10.8 Å². The summed E-state index contributed by atoms with van der Waals surface area (Å²) in [4.78, 5) is 0. The molecule has 1 rings (SSSR count). The lowest BCUT2D eigenvalue weighted by Crippen LogP contribution is -1.94. The van der Waals surface area contributed by atoms with Crippen molar-refractivity contribution in [2.75, 3.05) is 5.73 Å². The molecule has 18 heavy (non-hydrogen) atoms. The quantitative estimate of drug-likeness (QED) is 0.402. The van der Waals surface area contributed by atoms with Crippen molar-refractivity contribution in [3.8, 4) is 5.75 Å². The number of rotatable bonds is 8. The van der Waals surface area contributed by atoms with Crippen molar-refractivity contribution < 1.29 is 5.11 Å². The summed E-state index contributed by atoms with van der Waals surface area (Å²) in [6.07, 6.45) is 10.4. The molecule has 0 spiro atoms. The zero-order valence-corrected chi connectivity index (χ0v) is 11.8.